The summed E-state index contributed by atoms with van der Waals surface area (Å²) in [6.45, 7) is 7.37. The van der Waals surface area contributed by atoms with Crippen LogP contribution in [0.4, 0.5) is 0 Å². The summed E-state index contributed by atoms with van der Waals surface area (Å²) in [5.41, 5.74) is 0. The quantitative estimate of drug-likeness (QED) is 0.744. The number of nitrogens with one attached hydrogen (secondary N) is 1. The largest absolute Gasteiger partial charge is 0.457 e. The van der Waals surface area contributed by atoms with Crippen molar-refractivity contribution in [1.82, 2.24) is 5.32 Å². The van der Waals surface area contributed by atoms with Crippen molar-refractivity contribution in [2.75, 3.05) is 0 Å². The van der Waals surface area contributed by atoms with Gasteiger partial charge in [0.2, 0.25) is 5.91 Å². The van der Waals surface area contributed by atoms with Crippen LogP contribution in [0.15, 0.2) is 0 Å². The lowest BCUT2D eigenvalue weighted by Gasteiger charge is -2.43. The zero-order valence-corrected chi connectivity index (χ0v) is 12.3. The number of esters is 2. The first-order valence-corrected chi connectivity index (χ1v) is 6.49. The van der Waals surface area contributed by atoms with Crippen LogP contribution in [-0.4, -0.2) is 48.3 Å². The van der Waals surface area contributed by atoms with E-state index in [0.29, 0.717) is 0 Å². The van der Waals surface area contributed by atoms with Crippen LogP contribution in [0.1, 0.15) is 34.6 Å². The number of hydrogen-bond donors (Lipinski definition) is 1. The minimum Gasteiger partial charge on any atom is -0.457 e. The molecule has 0 unspecified atom stereocenters. The summed E-state index contributed by atoms with van der Waals surface area (Å²) < 4.78 is 16.0. The van der Waals surface area contributed by atoms with Crippen molar-refractivity contribution in [3.05, 3.63) is 0 Å². The Morgan fingerprint density at radius 2 is 1.30 bits per heavy atom. The second kappa shape index (κ2) is 6.69. The highest BCUT2D eigenvalue weighted by molar-refractivity contribution is 5.74. The molecule has 1 aliphatic heterocycles. The summed E-state index contributed by atoms with van der Waals surface area (Å²) in [7, 11) is 0. The van der Waals surface area contributed by atoms with Gasteiger partial charge in [-0.3, -0.25) is 14.4 Å². The molecule has 5 atom stereocenters. The number of carbonyl (C=O) groups excluding carboxylic acids is 3. The van der Waals surface area contributed by atoms with Crippen molar-refractivity contribution < 1.29 is 28.6 Å². The van der Waals surface area contributed by atoms with Gasteiger partial charge >= 0.3 is 11.9 Å². The van der Waals surface area contributed by atoms with E-state index >= 15 is 0 Å². The Balaban J connectivity index is 3.01. The van der Waals surface area contributed by atoms with Crippen LogP contribution in [0.25, 0.3) is 0 Å². The van der Waals surface area contributed by atoms with Crippen molar-refractivity contribution in [3.63, 3.8) is 0 Å². The van der Waals surface area contributed by atoms with Gasteiger partial charge < -0.3 is 19.5 Å². The van der Waals surface area contributed by atoms with E-state index in [1.165, 1.54) is 20.8 Å². The van der Waals surface area contributed by atoms with E-state index in [1.54, 1.807) is 13.8 Å². The molecular formula is C13H21NO6. The lowest BCUT2D eigenvalue weighted by Crippen LogP contribution is -2.64. The van der Waals surface area contributed by atoms with Crippen LogP contribution < -0.4 is 5.32 Å². The highest BCUT2D eigenvalue weighted by Crippen LogP contribution is 2.25. The molecule has 0 aromatic carbocycles. The number of hydrogen-bond acceptors (Lipinski definition) is 6. The molecule has 1 fully saturated rings. The molecule has 0 aliphatic carbocycles. The molecule has 0 aromatic heterocycles. The fourth-order valence-corrected chi connectivity index (χ4v) is 2.38. The predicted molar refractivity (Wildman–Crippen MR) is 68.7 cm³/mol. The topological polar surface area (TPSA) is 90.9 Å². The van der Waals surface area contributed by atoms with Crippen molar-refractivity contribution in [1.29, 1.82) is 0 Å². The van der Waals surface area contributed by atoms with Crippen molar-refractivity contribution >= 4 is 17.8 Å². The fraction of sp³-hybridized carbons (Fsp3) is 0.769. The van der Waals surface area contributed by atoms with E-state index in [9.17, 15) is 14.4 Å². The number of carbonyl (C=O) groups is 3. The third-order valence-corrected chi connectivity index (χ3v) is 3.04. The molecule has 0 saturated carbocycles. The van der Waals surface area contributed by atoms with Gasteiger partial charge in [0, 0.05) is 20.8 Å². The summed E-state index contributed by atoms with van der Waals surface area (Å²) in [6, 6.07) is -0.640. The molecule has 114 valence electrons. The lowest BCUT2D eigenvalue weighted by molar-refractivity contribution is -0.206. The summed E-state index contributed by atoms with van der Waals surface area (Å²) in [5.74, 6) is -1.28. The Morgan fingerprint density at radius 1 is 0.900 bits per heavy atom. The van der Waals surface area contributed by atoms with Crippen LogP contribution in [-0.2, 0) is 28.6 Å². The molecular weight excluding hydrogens is 266 g/mol. The van der Waals surface area contributed by atoms with E-state index in [2.05, 4.69) is 5.32 Å². The summed E-state index contributed by atoms with van der Waals surface area (Å²) in [6.07, 6.45) is -2.26. The Hall–Kier alpha value is -1.63. The fourth-order valence-electron chi connectivity index (χ4n) is 2.38. The summed E-state index contributed by atoms with van der Waals surface area (Å²) in [4.78, 5) is 33.8. The molecule has 1 rings (SSSR count). The Kier molecular flexibility index (Phi) is 5.50. The van der Waals surface area contributed by atoms with Gasteiger partial charge in [0.15, 0.2) is 12.2 Å². The van der Waals surface area contributed by atoms with E-state index < -0.39 is 42.4 Å². The maximum Gasteiger partial charge on any atom is 0.303 e. The number of amides is 1. The second-order valence-corrected chi connectivity index (χ2v) is 4.92. The third-order valence-electron chi connectivity index (χ3n) is 3.04. The van der Waals surface area contributed by atoms with Crippen LogP contribution in [0.5, 0.6) is 0 Å². The van der Waals surface area contributed by atoms with Gasteiger partial charge in [0.1, 0.15) is 6.04 Å². The molecule has 20 heavy (non-hydrogen) atoms. The molecule has 1 N–H and O–H groups in total. The molecule has 1 heterocycles. The zero-order valence-electron chi connectivity index (χ0n) is 12.3. The zero-order chi connectivity index (χ0) is 15.4. The first-order valence-electron chi connectivity index (χ1n) is 6.49. The first-order chi connectivity index (χ1) is 9.22. The highest BCUT2D eigenvalue weighted by atomic mass is 16.6. The first kappa shape index (κ1) is 16.4. The van der Waals surface area contributed by atoms with E-state index in [0.717, 1.165) is 0 Å². The van der Waals surface area contributed by atoms with Gasteiger partial charge in [0.05, 0.1) is 12.2 Å². The molecule has 0 aromatic rings. The van der Waals surface area contributed by atoms with E-state index in [-0.39, 0.29) is 5.91 Å². The number of ether oxygens (including phenoxy) is 3. The molecule has 7 heteroatoms. The summed E-state index contributed by atoms with van der Waals surface area (Å²) >= 11 is 0. The Labute approximate surface area is 117 Å². The van der Waals surface area contributed by atoms with Crippen LogP contribution in [0.2, 0.25) is 0 Å². The second-order valence-electron chi connectivity index (χ2n) is 4.92. The SMILES string of the molecule is CC(=O)N[C@@H]1[C@@H](OC(C)=O)[C@H](C)O[C@H](C)[C@H]1OC(C)=O. The van der Waals surface area contributed by atoms with Gasteiger partial charge in [-0.15, -0.1) is 0 Å². The van der Waals surface area contributed by atoms with E-state index in [1.807, 2.05) is 0 Å². The predicted octanol–water partition coefficient (Wildman–Crippen LogP) is 0.162. The van der Waals surface area contributed by atoms with Crippen molar-refractivity contribution in [3.8, 4) is 0 Å². The maximum atomic E-state index is 11.4. The molecule has 1 aliphatic rings. The third kappa shape index (κ3) is 4.19. The van der Waals surface area contributed by atoms with E-state index in [4.69, 9.17) is 14.2 Å². The minimum atomic E-state index is -0.711. The van der Waals surface area contributed by atoms with Gasteiger partial charge in [0.25, 0.3) is 0 Å². The maximum absolute atomic E-state index is 11.4. The van der Waals surface area contributed by atoms with Crippen LogP contribution in [0.3, 0.4) is 0 Å². The highest BCUT2D eigenvalue weighted by Gasteiger charge is 2.46. The molecule has 0 radical (unpaired) electrons. The average molecular weight is 287 g/mol. The summed E-state index contributed by atoms with van der Waals surface area (Å²) in [5, 5.41) is 2.68. The Bertz CT molecular complexity index is 368. The van der Waals surface area contributed by atoms with Gasteiger partial charge in [-0.25, -0.2) is 0 Å². The van der Waals surface area contributed by atoms with Gasteiger partial charge in [-0.05, 0) is 13.8 Å². The lowest BCUT2D eigenvalue weighted by atomic mass is 9.93. The normalized spacial score (nSPS) is 33.1. The monoisotopic (exact) mass is 287 g/mol. The van der Waals surface area contributed by atoms with Crippen molar-refractivity contribution in [2.45, 2.75) is 65.1 Å². The Morgan fingerprint density at radius 3 is 1.60 bits per heavy atom. The van der Waals surface area contributed by atoms with Crippen LogP contribution in [0, 0.1) is 0 Å². The number of rotatable bonds is 3. The van der Waals surface area contributed by atoms with Gasteiger partial charge in [-0.2, -0.15) is 0 Å². The van der Waals surface area contributed by atoms with Crippen molar-refractivity contribution in [2.24, 2.45) is 0 Å². The molecule has 1 amide bonds. The van der Waals surface area contributed by atoms with Gasteiger partial charge in [-0.1, -0.05) is 0 Å². The molecule has 7 nitrogen and oxygen atoms in total. The van der Waals surface area contributed by atoms with Crippen LogP contribution >= 0.6 is 0 Å². The molecule has 0 bridgehead atoms. The smallest absolute Gasteiger partial charge is 0.303 e. The molecule has 0 spiro atoms. The molecule has 1 saturated heterocycles. The minimum absolute atomic E-state index is 0.300. The standard InChI is InChI=1S/C13H21NO6/c1-6-12(19-9(4)16)11(14-8(3)15)13(7(2)18-6)20-10(5)17/h6-7,11-13H,1-5H3,(H,14,15)/t6-,7+,11+,12-,13+. The average Bonchev–Trinajstić information content (AvgIpc) is 2.27.